The summed E-state index contributed by atoms with van der Waals surface area (Å²) in [7, 11) is 1.58. The van der Waals surface area contributed by atoms with E-state index in [-0.39, 0.29) is 11.8 Å². The number of methoxy groups -OCH3 is 1. The van der Waals surface area contributed by atoms with Crippen LogP contribution in [0.2, 0.25) is 0 Å². The van der Waals surface area contributed by atoms with Crippen LogP contribution >= 0.6 is 0 Å². The normalized spacial score (nSPS) is 14.4. The minimum absolute atomic E-state index is 0.0795. The predicted octanol–water partition coefficient (Wildman–Crippen LogP) is 1.58. The van der Waals surface area contributed by atoms with Crippen molar-refractivity contribution >= 4 is 17.5 Å². The van der Waals surface area contributed by atoms with Crippen molar-refractivity contribution in [2.45, 2.75) is 19.8 Å². The van der Waals surface area contributed by atoms with Crippen LogP contribution in [0.5, 0.6) is 5.75 Å². The predicted molar refractivity (Wildman–Crippen MR) is 89.6 cm³/mol. The summed E-state index contributed by atoms with van der Waals surface area (Å²) in [5.74, 6) is 0.787. The maximum Gasteiger partial charge on any atom is 0.238 e. The number of benzene rings is 1. The SMILES string of the molecule is CCN(CCN1CCCC1=O)CC(=O)Nc1ccccc1OC. The Bertz CT molecular complexity index is 548. The Morgan fingerprint density at radius 1 is 1.39 bits per heavy atom. The Labute approximate surface area is 137 Å². The molecular formula is C17H25N3O3. The van der Waals surface area contributed by atoms with Crippen molar-refractivity contribution in [3.63, 3.8) is 0 Å². The highest BCUT2D eigenvalue weighted by Crippen LogP contribution is 2.22. The molecule has 1 aromatic rings. The largest absolute Gasteiger partial charge is 0.495 e. The van der Waals surface area contributed by atoms with Crippen molar-refractivity contribution in [3.05, 3.63) is 24.3 Å². The Morgan fingerprint density at radius 3 is 2.83 bits per heavy atom. The zero-order valence-corrected chi connectivity index (χ0v) is 13.9. The number of likely N-dealkylation sites (N-methyl/N-ethyl adjacent to an activating group) is 1. The highest BCUT2D eigenvalue weighted by Gasteiger charge is 2.20. The van der Waals surface area contributed by atoms with E-state index < -0.39 is 0 Å². The van der Waals surface area contributed by atoms with Crippen LogP contribution in [0.15, 0.2) is 24.3 Å². The average molecular weight is 319 g/mol. The first-order valence-corrected chi connectivity index (χ1v) is 8.07. The number of carbonyl (C=O) groups excluding carboxylic acids is 2. The molecule has 0 aliphatic carbocycles. The Hall–Kier alpha value is -2.08. The number of para-hydroxylation sites is 2. The molecule has 6 heteroatoms. The molecule has 126 valence electrons. The molecule has 0 bridgehead atoms. The van der Waals surface area contributed by atoms with E-state index in [4.69, 9.17) is 4.74 Å². The average Bonchev–Trinajstić information content (AvgIpc) is 2.97. The molecule has 2 amide bonds. The van der Waals surface area contributed by atoms with Crippen LogP contribution in [0.1, 0.15) is 19.8 Å². The van der Waals surface area contributed by atoms with Gasteiger partial charge >= 0.3 is 0 Å². The number of carbonyl (C=O) groups is 2. The molecule has 0 spiro atoms. The lowest BCUT2D eigenvalue weighted by Gasteiger charge is -2.23. The van der Waals surface area contributed by atoms with Crippen molar-refractivity contribution in [2.24, 2.45) is 0 Å². The number of nitrogens with zero attached hydrogens (tertiary/aromatic N) is 2. The number of hydrogen-bond acceptors (Lipinski definition) is 4. The number of likely N-dealkylation sites (tertiary alicyclic amines) is 1. The molecule has 1 aliphatic heterocycles. The number of nitrogens with one attached hydrogen (secondary N) is 1. The highest BCUT2D eigenvalue weighted by atomic mass is 16.5. The van der Waals surface area contributed by atoms with Gasteiger partial charge in [0.15, 0.2) is 0 Å². The van der Waals surface area contributed by atoms with Gasteiger partial charge in [-0.1, -0.05) is 19.1 Å². The van der Waals surface area contributed by atoms with Gasteiger partial charge in [-0.25, -0.2) is 0 Å². The number of anilines is 1. The van der Waals surface area contributed by atoms with Crippen LogP contribution in [0, 0.1) is 0 Å². The molecular weight excluding hydrogens is 294 g/mol. The number of rotatable bonds is 8. The summed E-state index contributed by atoms with van der Waals surface area (Å²) in [6, 6.07) is 7.34. The second-order valence-corrected chi connectivity index (χ2v) is 5.60. The fraction of sp³-hybridized carbons (Fsp3) is 0.529. The van der Waals surface area contributed by atoms with Crippen molar-refractivity contribution in [2.75, 3.05) is 45.2 Å². The lowest BCUT2D eigenvalue weighted by Crippen LogP contribution is -2.39. The van der Waals surface area contributed by atoms with E-state index in [2.05, 4.69) is 5.32 Å². The van der Waals surface area contributed by atoms with E-state index in [0.29, 0.717) is 37.5 Å². The second-order valence-electron chi connectivity index (χ2n) is 5.60. The molecule has 1 saturated heterocycles. The topological polar surface area (TPSA) is 61.9 Å². The quantitative estimate of drug-likeness (QED) is 0.790. The van der Waals surface area contributed by atoms with Crippen molar-refractivity contribution in [1.29, 1.82) is 0 Å². The first kappa shape index (κ1) is 17.3. The van der Waals surface area contributed by atoms with Gasteiger partial charge in [0.1, 0.15) is 5.75 Å². The summed E-state index contributed by atoms with van der Waals surface area (Å²) in [6.07, 6.45) is 1.60. The fourth-order valence-electron chi connectivity index (χ4n) is 2.69. The lowest BCUT2D eigenvalue weighted by atomic mass is 10.3. The molecule has 0 saturated carbocycles. The molecule has 1 aromatic carbocycles. The molecule has 23 heavy (non-hydrogen) atoms. The summed E-state index contributed by atoms with van der Waals surface area (Å²) in [6.45, 7) is 5.32. The van der Waals surface area contributed by atoms with Crippen LogP contribution in [-0.2, 0) is 9.59 Å². The maximum atomic E-state index is 12.2. The summed E-state index contributed by atoms with van der Waals surface area (Å²) < 4.78 is 5.23. The number of hydrogen-bond donors (Lipinski definition) is 1. The van der Waals surface area contributed by atoms with Gasteiger partial charge in [0.2, 0.25) is 11.8 Å². The van der Waals surface area contributed by atoms with E-state index in [0.717, 1.165) is 19.5 Å². The molecule has 0 unspecified atom stereocenters. The van der Waals surface area contributed by atoms with Gasteiger partial charge in [0.05, 0.1) is 19.3 Å². The van der Waals surface area contributed by atoms with Gasteiger partial charge in [-0.05, 0) is 25.1 Å². The molecule has 1 heterocycles. The number of ether oxygens (including phenoxy) is 1. The van der Waals surface area contributed by atoms with E-state index in [1.165, 1.54) is 0 Å². The molecule has 0 atom stereocenters. The number of amides is 2. The molecule has 2 rings (SSSR count). The van der Waals surface area contributed by atoms with Crippen molar-refractivity contribution in [3.8, 4) is 5.75 Å². The zero-order chi connectivity index (χ0) is 16.7. The minimum atomic E-state index is -0.0795. The van der Waals surface area contributed by atoms with Gasteiger partial charge in [-0.3, -0.25) is 14.5 Å². The van der Waals surface area contributed by atoms with E-state index >= 15 is 0 Å². The van der Waals surface area contributed by atoms with Crippen molar-refractivity contribution in [1.82, 2.24) is 9.80 Å². The summed E-state index contributed by atoms with van der Waals surface area (Å²) in [4.78, 5) is 27.8. The van der Waals surface area contributed by atoms with E-state index in [1.54, 1.807) is 7.11 Å². The molecule has 1 aliphatic rings. The zero-order valence-electron chi connectivity index (χ0n) is 13.9. The maximum absolute atomic E-state index is 12.2. The third kappa shape index (κ3) is 4.96. The summed E-state index contributed by atoms with van der Waals surface area (Å²) in [5, 5.41) is 2.88. The van der Waals surface area contributed by atoms with Gasteiger partial charge in [-0.15, -0.1) is 0 Å². The van der Waals surface area contributed by atoms with E-state index in [9.17, 15) is 9.59 Å². The molecule has 6 nitrogen and oxygen atoms in total. The Kier molecular flexibility index (Phi) is 6.40. The van der Waals surface area contributed by atoms with Crippen LogP contribution in [-0.4, -0.2) is 61.4 Å². The Morgan fingerprint density at radius 2 is 2.17 bits per heavy atom. The lowest BCUT2D eigenvalue weighted by molar-refractivity contribution is -0.127. The standard InChI is InChI=1S/C17H25N3O3/c1-3-19(11-12-20-10-6-9-17(20)22)13-16(21)18-14-7-4-5-8-15(14)23-2/h4-5,7-8H,3,6,9-13H2,1-2H3,(H,18,21). The Balaban J connectivity index is 1.83. The molecule has 1 N–H and O–H groups in total. The third-order valence-electron chi connectivity index (χ3n) is 4.05. The highest BCUT2D eigenvalue weighted by molar-refractivity contribution is 5.93. The van der Waals surface area contributed by atoms with Crippen LogP contribution in [0.25, 0.3) is 0 Å². The second kappa shape index (κ2) is 8.53. The molecule has 1 fully saturated rings. The van der Waals surface area contributed by atoms with Crippen LogP contribution < -0.4 is 10.1 Å². The summed E-state index contributed by atoms with van der Waals surface area (Å²) >= 11 is 0. The van der Waals surface area contributed by atoms with E-state index in [1.807, 2.05) is 41.0 Å². The first-order chi connectivity index (χ1) is 11.1. The summed E-state index contributed by atoms with van der Waals surface area (Å²) in [5.41, 5.74) is 0.672. The van der Waals surface area contributed by atoms with Crippen LogP contribution in [0.4, 0.5) is 5.69 Å². The van der Waals surface area contributed by atoms with Gasteiger partial charge in [0.25, 0.3) is 0 Å². The fourth-order valence-corrected chi connectivity index (χ4v) is 2.69. The minimum Gasteiger partial charge on any atom is -0.495 e. The van der Waals surface area contributed by atoms with Crippen LogP contribution in [0.3, 0.4) is 0 Å². The van der Waals surface area contributed by atoms with Crippen molar-refractivity contribution < 1.29 is 14.3 Å². The van der Waals surface area contributed by atoms with Gasteiger partial charge in [-0.2, -0.15) is 0 Å². The van der Waals surface area contributed by atoms with Gasteiger partial charge in [0, 0.05) is 26.1 Å². The molecule has 0 aromatic heterocycles. The molecule has 0 radical (unpaired) electrons. The third-order valence-corrected chi connectivity index (χ3v) is 4.05. The monoisotopic (exact) mass is 319 g/mol. The van der Waals surface area contributed by atoms with Gasteiger partial charge < -0.3 is 15.0 Å². The first-order valence-electron chi connectivity index (χ1n) is 8.07. The smallest absolute Gasteiger partial charge is 0.238 e.